The van der Waals surface area contributed by atoms with Crippen LogP contribution in [-0.4, -0.2) is 34.5 Å². The van der Waals surface area contributed by atoms with Crippen LogP contribution in [0.25, 0.3) is 0 Å². The van der Waals surface area contributed by atoms with Gasteiger partial charge >= 0.3 is 8.56 Å². The molecule has 3 heterocycles. The second-order valence-electron chi connectivity index (χ2n) is 6.13. The van der Waals surface area contributed by atoms with Crippen molar-refractivity contribution in [2.75, 3.05) is 19.8 Å². The lowest BCUT2D eigenvalue weighted by Crippen LogP contribution is -2.41. The van der Waals surface area contributed by atoms with Gasteiger partial charge in [-0.1, -0.05) is 6.92 Å². The van der Waals surface area contributed by atoms with Crippen molar-refractivity contribution in [2.45, 2.75) is 44.8 Å². The fourth-order valence-corrected chi connectivity index (χ4v) is 5.21. The predicted molar refractivity (Wildman–Crippen MR) is 93.2 cm³/mol. The van der Waals surface area contributed by atoms with Gasteiger partial charge in [0.15, 0.2) is 0 Å². The van der Waals surface area contributed by atoms with E-state index >= 15 is 0 Å². The van der Waals surface area contributed by atoms with Crippen molar-refractivity contribution in [1.82, 2.24) is 0 Å². The summed E-state index contributed by atoms with van der Waals surface area (Å²) in [5.74, 6) is 1.63. The highest BCUT2D eigenvalue weighted by Gasteiger charge is 2.36. The second kappa shape index (κ2) is 9.35. The predicted octanol–water partition coefficient (Wildman–Crippen LogP) is 3.87. The molecule has 0 N–H and O–H groups in total. The molecule has 1 fully saturated rings. The first-order valence-electron chi connectivity index (χ1n) is 8.82. The Kier molecular flexibility index (Phi) is 6.89. The van der Waals surface area contributed by atoms with Gasteiger partial charge in [0.1, 0.15) is 17.6 Å². The van der Waals surface area contributed by atoms with Gasteiger partial charge in [-0.2, -0.15) is 0 Å². The lowest BCUT2D eigenvalue weighted by Gasteiger charge is -2.29. The van der Waals surface area contributed by atoms with Crippen LogP contribution in [0.2, 0.25) is 12.1 Å². The Morgan fingerprint density at radius 2 is 1.72 bits per heavy atom. The molecule has 0 saturated carbocycles. The molecule has 138 valence electrons. The van der Waals surface area contributed by atoms with E-state index in [0.717, 1.165) is 36.6 Å². The maximum atomic E-state index is 6.26. The molecule has 0 spiro atoms. The van der Waals surface area contributed by atoms with Crippen molar-refractivity contribution in [1.29, 1.82) is 0 Å². The van der Waals surface area contributed by atoms with Gasteiger partial charge in [-0.05, 0) is 42.8 Å². The Labute approximate surface area is 149 Å². The molecular weight excluding hydrogens is 340 g/mol. The van der Waals surface area contributed by atoms with Gasteiger partial charge in [-0.3, -0.25) is 0 Å². The summed E-state index contributed by atoms with van der Waals surface area (Å²) >= 11 is 0. The maximum Gasteiger partial charge on any atom is 0.338 e. The first kappa shape index (κ1) is 18.4. The Morgan fingerprint density at radius 3 is 2.20 bits per heavy atom. The molecule has 1 atom stereocenters. The minimum Gasteiger partial charge on any atom is -0.467 e. The smallest absolute Gasteiger partial charge is 0.338 e. The summed E-state index contributed by atoms with van der Waals surface area (Å²) in [7, 11) is -2.37. The molecule has 6 nitrogen and oxygen atoms in total. The number of hydrogen-bond donors (Lipinski definition) is 0. The summed E-state index contributed by atoms with van der Waals surface area (Å²) in [6, 6.07) is 9.30. The van der Waals surface area contributed by atoms with Crippen molar-refractivity contribution in [3.05, 3.63) is 48.3 Å². The number of epoxide rings is 1. The van der Waals surface area contributed by atoms with Crippen LogP contribution in [0.1, 0.15) is 24.9 Å². The fourth-order valence-electron chi connectivity index (χ4n) is 2.58. The second-order valence-corrected chi connectivity index (χ2v) is 9.74. The monoisotopic (exact) mass is 366 g/mol. The molecule has 0 bridgehead atoms. The third-order valence-electron chi connectivity index (χ3n) is 4.21. The van der Waals surface area contributed by atoms with E-state index in [1.165, 1.54) is 0 Å². The molecule has 2 aromatic heterocycles. The van der Waals surface area contributed by atoms with E-state index in [1.807, 2.05) is 24.3 Å². The van der Waals surface area contributed by atoms with E-state index in [4.69, 9.17) is 27.2 Å². The van der Waals surface area contributed by atoms with Crippen molar-refractivity contribution in [3.8, 4) is 0 Å². The lowest BCUT2D eigenvalue weighted by atomic mass is 10.5. The van der Waals surface area contributed by atoms with E-state index in [-0.39, 0.29) is 0 Å². The van der Waals surface area contributed by atoms with Gasteiger partial charge in [-0.25, -0.2) is 0 Å². The number of hydrogen-bond acceptors (Lipinski definition) is 6. The first-order chi connectivity index (χ1) is 12.3. The molecule has 1 saturated heterocycles. The van der Waals surface area contributed by atoms with E-state index < -0.39 is 8.56 Å². The van der Waals surface area contributed by atoms with Crippen LogP contribution in [0.5, 0.6) is 0 Å². The Balaban J connectivity index is 1.51. The van der Waals surface area contributed by atoms with Crippen LogP contribution in [-0.2, 0) is 31.5 Å². The molecular formula is C18H26O6Si. The number of ether oxygens (including phenoxy) is 2. The Bertz CT molecular complexity index is 540. The highest BCUT2D eigenvalue weighted by molar-refractivity contribution is 6.67. The summed E-state index contributed by atoms with van der Waals surface area (Å²) in [6.07, 6.45) is 4.53. The largest absolute Gasteiger partial charge is 0.467 e. The van der Waals surface area contributed by atoms with Crippen molar-refractivity contribution in [2.24, 2.45) is 0 Å². The summed E-state index contributed by atoms with van der Waals surface area (Å²) in [6.45, 7) is 5.19. The van der Waals surface area contributed by atoms with Crippen LogP contribution in [0.3, 0.4) is 0 Å². The normalized spacial score (nSPS) is 17.1. The van der Waals surface area contributed by atoms with Crippen molar-refractivity contribution in [3.63, 3.8) is 0 Å². The number of furan rings is 2. The van der Waals surface area contributed by atoms with Crippen molar-refractivity contribution >= 4 is 8.56 Å². The fraction of sp³-hybridized carbons (Fsp3) is 0.556. The van der Waals surface area contributed by atoms with Gasteiger partial charge in [0.05, 0.1) is 39.0 Å². The third-order valence-corrected chi connectivity index (χ3v) is 7.74. The van der Waals surface area contributed by atoms with E-state index in [2.05, 4.69) is 6.92 Å². The molecule has 7 heteroatoms. The summed E-state index contributed by atoms with van der Waals surface area (Å²) in [4.78, 5) is 0. The zero-order valence-electron chi connectivity index (χ0n) is 14.6. The molecule has 3 rings (SSSR count). The van der Waals surface area contributed by atoms with Crippen LogP contribution in [0.15, 0.2) is 45.6 Å². The molecule has 1 aliphatic rings. The topological polar surface area (TPSA) is 66.5 Å². The third kappa shape index (κ3) is 6.13. The average Bonchev–Trinajstić information content (AvgIpc) is 3.10. The van der Waals surface area contributed by atoms with Crippen LogP contribution < -0.4 is 0 Å². The highest BCUT2D eigenvalue weighted by Crippen LogP contribution is 2.25. The SMILES string of the molecule is CC[Si](CCCOCC1CO1)(OCc1ccco1)OCc1ccco1. The van der Waals surface area contributed by atoms with E-state index in [0.29, 0.717) is 32.5 Å². The molecule has 0 aliphatic carbocycles. The molecule has 1 unspecified atom stereocenters. The van der Waals surface area contributed by atoms with Gasteiger partial charge in [0.25, 0.3) is 0 Å². The Morgan fingerprint density at radius 1 is 1.08 bits per heavy atom. The first-order valence-corrected chi connectivity index (χ1v) is 11.0. The highest BCUT2D eigenvalue weighted by atomic mass is 28.4. The number of rotatable bonds is 13. The van der Waals surface area contributed by atoms with Crippen molar-refractivity contribution < 1.29 is 27.2 Å². The zero-order chi connectivity index (χ0) is 17.4. The van der Waals surface area contributed by atoms with Crippen LogP contribution in [0.4, 0.5) is 0 Å². The minimum absolute atomic E-state index is 0.304. The van der Waals surface area contributed by atoms with Gasteiger partial charge in [0, 0.05) is 6.61 Å². The van der Waals surface area contributed by atoms with Gasteiger partial charge in [-0.15, -0.1) is 0 Å². The van der Waals surface area contributed by atoms with Crippen LogP contribution in [0, 0.1) is 0 Å². The lowest BCUT2D eigenvalue weighted by molar-refractivity contribution is 0.107. The molecule has 0 aromatic carbocycles. The average molecular weight is 366 g/mol. The molecule has 0 radical (unpaired) electrons. The molecule has 0 amide bonds. The summed E-state index contributed by atoms with van der Waals surface area (Å²) < 4.78 is 34.1. The molecule has 2 aromatic rings. The summed E-state index contributed by atoms with van der Waals surface area (Å²) in [5, 5.41) is 0. The van der Waals surface area contributed by atoms with E-state index in [1.54, 1.807) is 12.5 Å². The summed E-state index contributed by atoms with van der Waals surface area (Å²) in [5.41, 5.74) is 0. The molecule has 25 heavy (non-hydrogen) atoms. The van der Waals surface area contributed by atoms with Crippen LogP contribution >= 0.6 is 0 Å². The van der Waals surface area contributed by atoms with Gasteiger partial charge in [0.2, 0.25) is 0 Å². The van der Waals surface area contributed by atoms with Gasteiger partial charge < -0.3 is 27.2 Å². The Hall–Kier alpha value is -1.38. The molecule has 1 aliphatic heterocycles. The van der Waals surface area contributed by atoms with E-state index in [9.17, 15) is 0 Å². The maximum absolute atomic E-state index is 6.26. The minimum atomic E-state index is -2.37. The quantitative estimate of drug-likeness (QED) is 0.304. The standard InChI is InChI=1S/C18H26O6Si/c1-2-25(23-14-16-6-3-9-20-16,24-15-17-7-4-10-21-17)11-5-8-19-12-18-13-22-18/h3-4,6-7,9-10,18H,2,5,8,11-15H2,1H3. The zero-order valence-corrected chi connectivity index (χ0v) is 15.6.